The van der Waals surface area contributed by atoms with Crippen LogP contribution in [0.4, 0.5) is 13.2 Å². The molecule has 0 fully saturated rings. The van der Waals surface area contributed by atoms with Crippen LogP contribution in [0.25, 0.3) is 11.0 Å². The Morgan fingerprint density at radius 1 is 1.16 bits per heavy atom. The number of alkyl halides is 3. The molecule has 0 aliphatic heterocycles. The summed E-state index contributed by atoms with van der Waals surface area (Å²) in [6, 6.07) is 9.04. The molecular weight excluding hydrogens is 459 g/mol. The lowest BCUT2D eigenvalue weighted by Crippen LogP contribution is -2.33. The molecule has 0 spiro atoms. The van der Waals surface area contributed by atoms with Gasteiger partial charge in [0.2, 0.25) is 11.2 Å². The zero-order chi connectivity index (χ0) is 23.5. The molecule has 0 unspecified atom stereocenters. The maximum Gasteiger partial charge on any atom is 0.453 e. The number of hydrogen-bond acceptors (Lipinski definition) is 6. The minimum Gasteiger partial charge on any atom is -0.484 e. The molecule has 168 valence electrons. The number of nitrogens with one attached hydrogen (secondary N) is 1. The Hall–Kier alpha value is -3.73. The van der Waals surface area contributed by atoms with Crippen molar-refractivity contribution in [2.24, 2.45) is 0 Å². The number of halogens is 4. The Labute approximate surface area is 182 Å². The van der Waals surface area contributed by atoms with E-state index in [2.05, 4.69) is 0 Å². The molecule has 0 aliphatic carbocycles. The number of carbonyl (C=O) groups excluding carboxylic acids is 1. The second-order valence-electron chi connectivity index (χ2n) is 6.24. The summed E-state index contributed by atoms with van der Waals surface area (Å²) in [7, 11) is 0. The Morgan fingerprint density at radius 2 is 1.88 bits per heavy atom. The topological polar surface area (TPSA) is 115 Å². The van der Waals surface area contributed by atoms with E-state index in [0.29, 0.717) is 0 Å². The molecule has 0 aliphatic rings. The van der Waals surface area contributed by atoms with Gasteiger partial charge in [-0.1, -0.05) is 23.7 Å². The third-order valence-electron chi connectivity index (χ3n) is 3.94. The standard InChI is InChI=1S/C20H13ClF3NO7/c21-12-3-1-2-4-13(12)31-18-17(29)11-6-5-10(30-9-15(26)25-8-16(27)28)7-14(11)32-19(18)20(22,23)24/h1-7H,8-9H2,(H,25,26)(H,27,28). The highest BCUT2D eigenvalue weighted by atomic mass is 35.5. The Balaban J connectivity index is 1.96. The third-order valence-corrected chi connectivity index (χ3v) is 4.25. The molecule has 0 saturated carbocycles. The average molecular weight is 472 g/mol. The van der Waals surface area contributed by atoms with Gasteiger partial charge in [-0.2, -0.15) is 13.2 Å². The number of fused-ring (bicyclic) bond motifs is 1. The van der Waals surface area contributed by atoms with Crippen LogP contribution < -0.4 is 20.2 Å². The smallest absolute Gasteiger partial charge is 0.453 e. The van der Waals surface area contributed by atoms with Crippen molar-refractivity contribution in [2.75, 3.05) is 13.2 Å². The van der Waals surface area contributed by atoms with Gasteiger partial charge in [0.1, 0.15) is 23.6 Å². The van der Waals surface area contributed by atoms with E-state index in [0.717, 1.165) is 12.1 Å². The van der Waals surface area contributed by atoms with Crippen LogP contribution in [0.5, 0.6) is 17.2 Å². The summed E-state index contributed by atoms with van der Waals surface area (Å²) in [5, 5.41) is 10.3. The summed E-state index contributed by atoms with van der Waals surface area (Å²) in [6.07, 6.45) is -5.07. The van der Waals surface area contributed by atoms with E-state index in [9.17, 15) is 27.6 Å². The quantitative estimate of drug-likeness (QED) is 0.538. The van der Waals surface area contributed by atoms with Gasteiger partial charge in [-0.05, 0) is 24.3 Å². The van der Waals surface area contributed by atoms with E-state index in [1.807, 2.05) is 5.32 Å². The first-order valence-corrected chi connectivity index (χ1v) is 9.16. The number of ether oxygens (including phenoxy) is 2. The van der Waals surface area contributed by atoms with Crippen LogP contribution in [0.3, 0.4) is 0 Å². The van der Waals surface area contributed by atoms with Crippen molar-refractivity contribution in [1.82, 2.24) is 5.32 Å². The maximum absolute atomic E-state index is 13.6. The first-order valence-electron chi connectivity index (χ1n) is 8.78. The van der Waals surface area contributed by atoms with Crippen LogP contribution in [0.1, 0.15) is 5.76 Å². The molecule has 1 heterocycles. The average Bonchev–Trinajstić information content (AvgIpc) is 2.73. The molecule has 3 rings (SSSR count). The molecular formula is C20H13ClF3NO7. The number of carboxylic acid groups (broad SMARTS) is 1. The maximum atomic E-state index is 13.6. The number of benzene rings is 2. The fraction of sp³-hybridized carbons (Fsp3) is 0.150. The van der Waals surface area contributed by atoms with Gasteiger partial charge in [0, 0.05) is 6.07 Å². The zero-order valence-electron chi connectivity index (χ0n) is 15.9. The molecule has 0 saturated heterocycles. The monoisotopic (exact) mass is 471 g/mol. The molecule has 2 aromatic carbocycles. The van der Waals surface area contributed by atoms with Gasteiger partial charge in [0.25, 0.3) is 11.7 Å². The fourth-order valence-electron chi connectivity index (χ4n) is 2.54. The number of para-hydroxylation sites is 1. The van der Waals surface area contributed by atoms with Crippen LogP contribution in [0, 0.1) is 0 Å². The first-order chi connectivity index (χ1) is 15.1. The molecule has 0 bridgehead atoms. The SMILES string of the molecule is O=C(O)CNC(=O)COc1ccc2c(=O)c(Oc3ccccc3Cl)c(C(F)(F)F)oc2c1. The summed E-state index contributed by atoms with van der Waals surface area (Å²) in [6.45, 7) is -1.24. The number of carboxylic acids is 1. The molecule has 8 nitrogen and oxygen atoms in total. The van der Waals surface area contributed by atoms with Crippen molar-refractivity contribution in [1.29, 1.82) is 0 Å². The molecule has 12 heteroatoms. The van der Waals surface area contributed by atoms with Crippen molar-refractivity contribution in [3.63, 3.8) is 0 Å². The van der Waals surface area contributed by atoms with Gasteiger partial charge in [0.05, 0.1) is 10.4 Å². The van der Waals surface area contributed by atoms with E-state index < -0.39 is 53.7 Å². The van der Waals surface area contributed by atoms with Crippen molar-refractivity contribution < 1.29 is 41.8 Å². The predicted octanol–water partition coefficient (Wildman–Crippen LogP) is 3.84. The van der Waals surface area contributed by atoms with E-state index in [-0.39, 0.29) is 21.9 Å². The highest BCUT2D eigenvalue weighted by molar-refractivity contribution is 6.32. The van der Waals surface area contributed by atoms with Crippen LogP contribution in [0.2, 0.25) is 5.02 Å². The van der Waals surface area contributed by atoms with E-state index in [1.54, 1.807) is 0 Å². The summed E-state index contributed by atoms with van der Waals surface area (Å²) in [5.41, 5.74) is -1.55. The largest absolute Gasteiger partial charge is 0.484 e. The predicted molar refractivity (Wildman–Crippen MR) is 105 cm³/mol. The summed E-state index contributed by atoms with van der Waals surface area (Å²) < 4.78 is 56.0. The van der Waals surface area contributed by atoms with Crippen molar-refractivity contribution in [2.45, 2.75) is 6.18 Å². The molecule has 0 radical (unpaired) electrons. The van der Waals surface area contributed by atoms with Gasteiger partial charge in [0.15, 0.2) is 6.61 Å². The molecule has 2 N–H and O–H groups in total. The first kappa shape index (κ1) is 22.9. The van der Waals surface area contributed by atoms with Gasteiger partial charge in [-0.3, -0.25) is 14.4 Å². The van der Waals surface area contributed by atoms with E-state index in [1.165, 1.54) is 30.3 Å². The second kappa shape index (κ2) is 9.18. The van der Waals surface area contributed by atoms with Gasteiger partial charge in [-0.25, -0.2) is 0 Å². The molecule has 0 atom stereocenters. The number of aliphatic carboxylic acids is 1. The van der Waals surface area contributed by atoms with Crippen molar-refractivity contribution in [3.05, 3.63) is 63.5 Å². The van der Waals surface area contributed by atoms with Gasteiger partial charge in [-0.15, -0.1) is 0 Å². The number of rotatable bonds is 7. The van der Waals surface area contributed by atoms with Crippen molar-refractivity contribution >= 4 is 34.4 Å². The lowest BCUT2D eigenvalue weighted by Gasteiger charge is -2.14. The van der Waals surface area contributed by atoms with Crippen LogP contribution in [-0.2, 0) is 15.8 Å². The van der Waals surface area contributed by atoms with Crippen LogP contribution in [-0.4, -0.2) is 30.1 Å². The molecule has 32 heavy (non-hydrogen) atoms. The van der Waals surface area contributed by atoms with Crippen LogP contribution >= 0.6 is 11.6 Å². The highest BCUT2D eigenvalue weighted by Gasteiger charge is 2.40. The number of amides is 1. The van der Waals surface area contributed by atoms with Gasteiger partial charge < -0.3 is 24.3 Å². The molecule has 3 aromatic rings. The van der Waals surface area contributed by atoms with Crippen molar-refractivity contribution in [3.8, 4) is 17.2 Å². The highest BCUT2D eigenvalue weighted by Crippen LogP contribution is 2.39. The third kappa shape index (κ3) is 5.30. The molecule has 1 amide bonds. The zero-order valence-corrected chi connectivity index (χ0v) is 16.6. The number of hydrogen-bond donors (Lipinski definition) is 2. The fourth-order valence-corrected chi connectivity index (χ4v) is 2.71. The summed E-state index contributed by atoms with van der Waals surface area (Å²) >= 11 is 5.91. The Morgan fingerprint density at radius 3 is 2.53 bits per heavy atom. The minimum absolute atomic E-state index is 0.00922. The number of carbonyl (C=O) groups is 2. The van der Waals surface area contributed by atoms with E-state index >= 15 is 0 Å². The lowest BCUT2D eigenvalue weighted by atomic mass is 10.2. The normalized spacial score (nSPS) is 11.2. The Bertz CT molecular complexity index is 1240. The lowest BCUT2D eigenvalue weighted by molar-refractivity contribution is -0.154. The second-order valence-corrected chi connectivity index (χ2v) is 6.64. The minimum atomic E-state index is -5.07. The Kier molecular flexibility index (Phi) is 6.58. The summed E-state index contributed by atoms with van der Waals surface area (Å²) in [4.78, 5) is 34.7. The summed E-state index contributed by atoms with van der Waals surface area (Å²) in [5.74, 6) is -5.04. The van der Waals surface area contributed by atoms with E-state index in [4.69, 9.17) is 30.6 Å². The molecule has 1 aromatic heterocycles. The van der Waals surface area contributed by atoms with Crippen LogP contribution in [0.15, 0.2) is 51.7 Å². The van der Waals surface area contributed by atoms with Gasteiger partial charge >= 0.3 is 12.1 Å².